The van der Waals surface area contributed by atoms with Crippen molar-refractivity contribution >= 4 is 28.8 Å². The minimum Gasteiger partial charge on any atom is -0.439 e. The molecule has 1 aromatic carbocycles. The predicted molar refractivity (Wildman–Crippen MR) is 86.8 cm³/mol. The highest BCUT2D eigenvalue weighted by Gasteiger charge is 2.19. The van der Waals surface area contributed by atoms with E-state index in [1.807, 2.05) is 42.8 Å². The molecule has 2 N–H and O–H groups in total. The molecule has 0 saturated carbocycles. The van der Waals surface area contributed by atoms with Gasteiger partial charge in [-0.1, -0.05) is 23.9 Å². The number of aryl methyl sites for hydroxylation is 1. The van der Waals surface area contributed by atoms with Crippen molar-refractivity contribution in [2.24, 2.45) is 12.8 Å². The molecule has 0 fully saturated rings. The quantitative estimate of drug-likeness (QED) is 0.695. The smallest absolute Gasteiger partial charge is 0.217 e. The Morgan fingerprint density at radius 3 is 2.91 bits per heavy atom. The Balaban J connectivity index is 1.74. The maximum Gasteiger partial charge on any atom is 0.217 e. The standard InChI is InChI=1S/C15H17N5O2S/c1-9(14-17-10-5-3-4-6-11(10)22-14)23-15-19-18-13(20(15)2)8-7-12(16)21/h3-6,9H,7-8H2,1-2H3,(H2,16,21). The Kier molecular flexibility index (Phi) is 4.33. The van der Waals surface area contributed by atoms with Crippen molar-refractivity contribution in [3.63, 3.8) is 0 Å². The highest BCUT2D eigenvalue weighted by molar-refractivity contribution is 7.99. The fourth-order valence-corrected chi connectivity index (χ4v) is 3.04. The molecular weight excluding hydrogens is 314 g/mol. The van der Waals surface area contributed by atoms with Crippen LogP contribution in [0.25, 0.3) is 11.1 Å². The van der Waals surface area contributed by atoms with Crippen LogP contribution in [0.1, 0.15) is 30.3 Å². The Morgan fingerprint density at radius 1 is 1.39 bits per heavy atom. The summed E-state index contributed by atoms with van der Waals surface area (Å²) in [5.74, 6) is 1.04. The van der Waals surface area contributed by atoms with Gasteiger partial charge in [-0.2, -0.15) is 0 Å². The summed E-state index contributed by atoms with van der Waals surface area (Å²) < 4.78 is 7.64. The van der Waals surface area contributed by atoms with E-state index in [2.05, 4.69) is 15.2 Å². The molecule has 3 rings (SSSR count). The summed E-state index contributed by atoms with van der Waals surface area (Å²) in [6.07, 6.45) is 0.744. The number of primary amides is 1. The lowest BCUT2D eigenvalue weighted by molar-refractivity contribution is -0.118. The second kappa shape index (κ2) is 6.41. The number of aromatic nitrogens is 4. The number of carbonyl (C=O) groups excluding carboxylic acids is 1. The number of carbonyl (C=O) groups is 1. The van der Waals surface area contributed by atoms with Crippen molar-refractivity contribution in [1.29, 1.82) is 0 Å². The molecule has 1 amide bonds. The first-order valence-corrected chi connectivity index (χ1v) is 8.11. The molecule has 1 unspecified atom stereocenters. The second-order valence-corrected chi connectivity index (χ2v) is 6.51. The van der Waals surface area contributed by atoms with Gasteiger partial charge in [-0.05, 0) is 19.1 Å². The van der Waals surface area contributed by atoms with Gasteiger partial charge in [0.25, 0.3) is 0 Å². The summed E-state index contributed by atoms with van der Waals surface area (Å²) >= 11 is 1.51. The number of fused-ring (bicyclic) bond motifs is 1. The molecule has 0 spiro atoms. The maximum absolute atomic E-state index is 10.9. The molecule has 0 radical (unpaired) electrons. The number of hydrogen-bond donors (Lipinski definition) is 1. The molecule has 120 valence electrons. The highest BCUT2D eigenvalue weighted by atomic mass is 32.2. The van der Waals surface area contributed by atoms with Crippen molar-refractivity contribution in [2.75, 3.05) is 0 Å². The van der Waals surface area contributed by atoms with Crippen molar-refractivity contribution in [2.45, 2.75) is 30.2 Å². The van der Waals surface area contributed by atoms with E-state index in [0.29, 0.717) is 12.3 Å². The first kappa shape index (κ1) is 15.5. The van der Waals surface area contributed by atoms with E-state index in [-0.39, 0.29) is 17.6 Å². The van der Waals surface area contributed by atoms with Crippen LogP contribution in [0.5, 0.6) is 0 Å². The fourth-order valence-electron chi connectivity index (χ4n) is 2.17. The molecule has 0 bridgehead atoms. The number of rotatable bonds is 6. The number of nitrogens with two attached hydrogens (primary N) is 1. The van der Waals surface area contributed by atoms with E-state index in [1.54, 1.807) is 0 Å². The Bertz CT molecular complexity index is 808. The molecule has 7 nitrogen and oxygen atoms in total. The number of nitrogens with zero attached hydrogens (tertiary/aromatic N) is 4. The van der Waals surface area contributed by atoms with Gasteiger partial charge in [0.2, 0.25) is 11.8 Å². The third-order valence-electron chi connectivity index (χ3n) is 3.46. The van der Waals surface area contributed by atoms with Gasteiger partial charge in [-0.25, -0.2) is 4.98 Å². The summed E-state index contributed by atoms with van der Waals surface area (Å²) in [7, 11) is 1.87. The highest BCUT2D eigenvalue weighted by Crippen LogP contribution is 2.34. The van der Waals surface area contributed by atoms with Crippen molar-refractivity contribution in [3.8, 4) is 0 Å². The van der Waals surface area contributed by atoms with Gasteiger partial charge < -0.3 is 14.7 Å². The number of hydrogen-bond acceptors (Lipinski definition) is 6. The van der Waals surface area contributed by atoms with E-state index < -0.39 is 0 Å². The lowest BCUT2D eigenvalue weighted by Gasteiger charge is -2.07. The molecule has 23 heavy (non-hydrogen) atoms. The molecule has 0 saturated heterocycles. The van der Waals surface area contributed by atoms with Crippen LogP contribution in [0, 0.1) is 0 Å². The molecule has 0 aliphatic heterocycles. The van der Waals surface area contributed by atoms with Crippen LogP contribution in [0.4, 0.5) is 0 Å². The zero-order chi connectivity index (χ0) is 16.4. The number of thioether (sulfide) groups is 1. The minimum absolute atomic E-state index is 0.00529. The van der Waals surface area contributed by atoms with Crippen LogP contribution in [-0.4, -0.2) is 25.7 Å². The van der Waals surface area contributed by atoms with E-state index in [1.165, 1.54) is 11.8 Å². The average molecular weight is 331 g/mol. The summed E-state index contributed by atoms with van der Waals surface area (Å²) in [5.41, 5.74) is 6.78. The third kappa shape index (κ3) is 3.37. The normalized spacial score (nSPS) is 12.6. The number of amides is 1. The number of benzene rings is 1. The van der Waals surface area contributed by atoms with E-state index in [9.17, 15) is 4.79 Å². The monoisotopic (exact) mass is 331 g/mol. The molecule has 8 heteroatoms. The minimum atomic E-state index is -0.345. The lowest BCUT2D eigenvalue weighted by Crippen LogP contribution is -2.12. The van der Waals surface area contributed by atoms with Crippen LogP contribution < -0.4 is 5.73 Å². The van der Waals surface area contributed by atoms with Gasteiger partial charge in [0.05, 0.1) is 5.25 Å². The van der Waals surface area contributed by atoms with Gasteiger partial charge in [0, 0.05) is 19.9 Å². The van der Waals surface area contributed by atoms with Crippen LogP contribution in [0.3, 0.4) is 0 Å². The van der Waals surface area contributed by atoms with Crippen LogP contribution in [-0.2, 0) is 18.3 Å². The zero-order valence-electron chi connectivity index (χ0n) is 12.9. The summed E-state index contributed by atoms with van der Waals surface area (Å²) in [6, 6.07) is 7.67. The molecule has 0 aliphatic rings. The first-order chi connectivity index (χ1) is 11.0. The van der Waals surface area contributed by atoms with E-state index in [4.69, 9.17) is 10.2 Å². The van der Waals surface area contributed by atoms with Gasteiger partial charge >= 0.3 is 0 Å². The topological polar surface area (TPSA) is 99.8 Å². The summed E-state index contributed by atoms with van der Waals surface area (Å²) in [4.78, 5) is 15.4. The Hall–Kier alpha value is -2.35. The second-order valence-electron chi connectivity index (χ2n) is 5.20. The summed E-state index contributed by atoms with van der Waals surface area (Å²) in [5, 5.41) is 9.02. The van der Waals surface area contributed by atoms with E-state index in [0.717, 1.165) is 22.1 Å². The Morgan fingerprint density at radius 2 is 2.17 bits per heavy atom. The molecule has 2 aromatic heterocycles. The van der Waals surface area contributed by atoms with Crippen LogP contribution in [0.2, 0.25) is 0 Å². The number of oxazole rings is 1. The summed E-state index contributed by atoms with van der Waals surface area (Å²) in [6.45, 7) is 2.01. The van der Waals surface area contributed by atoms with Crippen molar-refractivity contribution < 1.29 is 9.21 Å². The predicted octanol–water partition coefficient (Wildman–Crippen LogP) is 2.23. The molecule has 0 aliphatic carbocycles. The first-order valence-electron chi connectivity index (χ1n) is 7.23. The Labute approximate surface area is 137 Å². The third-order valence-corrected chi connectivity index (χ3v) is 4.58. The van der Waals surface area contributed by atoms with Gasteiger partial charge in [0.15, 0.2) is 10.7 Å². The van der Waals surface area contributed by atoms with Crippen molar-refractivity contribution in [1.82, 2.24) is 19.7 Å². The lowest BCUT2D eigenvalue weighted by atomic mass is 10.3. The largest absolute Gasteiger partial charge is 0.439 e. The molecule has 3 aromatic rings. The van der Waals surface area contributed by atoms with Gasteiger partial charge in [-0.15, -0.1) is 10.2 Å². The van der Waals surface area contributed by atoms with Crippen LogP contribution in [0.15, 0.2) is 33.8 Å². The molecule has 1 atom stereocenters. The fraction of sp³-hybridized carbons (Fsp3) is 0.333. The van der Waals surface area contributed by atoms with Crippen molar-refractivity contribution in [3.05, 3.63) is 36.0 Å². The van der Waals surface area contributed by atoms with Gasteiger partial charge in [-0.3, -0.25) is 4.79 Å². The average Bonchev–Trinajstić information content (AvgIpc) is 3.10. The van der Waals surface area contributed by atoms with Crippen LogP contribution >= 0.6 is 11.8 Å². The van der Waals surface area contributed by atoms with Gasteiger partial charge in [0.1, 0.15) is 11.3 Å². The van der Waals surface area contributed by atoms with E-state index >= 15 is 0 Å². The molecule has 2 heterocycles. The zero-order valence-corrected chi connectivity index (χ0v) is 13.7. The number of para-hydroxylation sites is 2. The maximum atomic E-state index is 10.9. The SMILES string of the molecule is CC(Sc1nnc(CCC(N)=O)n1C)c1nc2ccccc2o1. The molecular formula is C15H17N5O2S.